The van der Waals surface area contributed by atoms with Gasteiger partial charge in [0, 0.05) is 6.42 Å². The highest BCUT2D eigenvalue weighted by atomic mass is 35.5. The van der Waals surface area contributed by atoms with Gasteiger partial charge in [0.1, 0.15) is 11.8 Å². The number of carboxylic acid groups (broad SMARTS) is 1. The van der Waals surface area contributed by atoms with Gasteiger partial charge < -0.3 is 15.2 Å². The third-order valence-electron chi connectivity index (χ3n) is 3.20. The van der Waals surface area contributed by atoms with Gasteiger partial charge in [0.25, 0.3) is 0 Å². The molecule has 1 amide bonds. The van der Waals surface area contributed by atoms with Gasteiger partial charge in [-0.1, -0.05) is 31.5 Å². The van der Waals surface area contributed by atoms with Gasteiger partial charge in [-0.25, -0.2) is 4.79 Å². The van der Waals surface area contributed by atoms with E-state index in [-0.39, 0.29) is 18.2 Å². The van der Waals surface area contributed by atoms with E-state index in [0.717, 1.165) is 5.56 Å². The zero-order chi connectivity index (χ0) is 16.7. The van der Waals surface area contributed by atoms with Crippen LogP contribution in [0, 0.1) is 5.92 Å². The molecule has 0 bridgehead atoms. The summed E-state index contributed by atoms with van der Waals surface area (Å²) in [5, 5.41) is 12.2. The SMILES string of the molecule is COc1ccc(CCC(=O)NC(CC(C)C)C(=O)O)cc1Cl. The molecule has 1 rings (SSSR count). The monoisotopic (exact) mass is 327 g/mol. The number of hydrogen-bond donors (Lipinski definition) is 2. The highest BCUT2D eigenvalue weighted by Gasteiger charge is 2.20. The predicted octanol–water partition coefficient (Wildman–Crippen LogP) is 2.90. The molecule has 22 heavy (non-hydrogen) atoms. The zero-order valence-electron chi connectivity index (χ0n) is 13.1. The molecule has 0 aliphatic carbocycles. The molecule has 1 aromatic rings. The molecule has 1 atom stereocenters. The van der Waals surface area contributed by atoms with Gasteiger partial charge in [-0.15, -0.1) is 0 Å². The standard InChI is InChI=1S/C16H22ClNO4/c1-10(2)8-13(16(20)21)18-15(19)7-5-11-4-6-14(22-3)12(17)9-11/h4,6,9-10,13H,5,7-8H2,1-3H3,(H,18,19)(H,20,21). The summed E-state index contributed by atoms with van der Waals surface area (Å²) in [6.45, 7) is 3.84. The summed E-state index contributed by atoms with van der Waals surface area (Å²) in [7, 11) is 1.54. The first kappa shape index (κ1) is 18.3. The summed E-state index contributed by atoms with van der Waals surface area (Å²) in [4.78, 5) is 23.0. The lowest BCUT2D eigenvalue weighted by atomic mass is 10.0. The molecule has 0 fully saturated rings. The summed E-state index contributed by atoms with van der Waals surface area (Å²) in [6, 6.07) is 4.48. The Hall–Kier alpha value is -1.75. The fourth-order valence-corrected chi connectivity index (χ4v) is 2.36. The Morgan fingerprint density at radius 2 is 2.05 bits per heavy atom. The van der Waals surface area contributed by atoms with Gasteiger partial charge in [-0.05, 0) is 36.5 Å². The Bertz CT molecular complexity index is 531. The van der Waals surface area contributed by atoms with Crippen molar-refractivity contribution < 1.29 is 19.4 Å². The van der Waals surface area contributed by atoms with Gasteiger partial charge in [0.05, 0.1) is 12.1 Å². The van der Waals surface area contributed by atoms with Gasteiger partial charge in [-0.2, -0.15) is 0 Å². The second kappa shape index (κ2) is 8.63. The molecule has 0 saturated carbocycles. The number of aryl methyl sites for hydroxylation is 1. The van der Waals surface area contributed by atoms with Crippen LogP contribution in [0.2, 0.25) is 5.02 Å². The number of halogens is 1. The second-order valence-electron chi connectivity index (χ2n) is 5.56. The Labute approximate surface area is 135 Å². The fraction of sp³-hybridized carbons (Fsp3) is 0.500. The minimum atomic E-state index is -1.01. The average molecular weight is 328 g/mol. The minimum absolute atomic E-state index is 0.196. The maximum Gasteiger partial charge on any atom is 0.326 e. The minimum Gasteiger partial charge on any atom is -0.495 e. The van der Waals surface area contributed by atoms with E-state index < -0.39 is 12.0 Å². The number of hydrogen-bond acceptors (Lipinski definition) is 3. The molecule has 0 spiro atoms. The molecule has 6 heteroatoms. The average Bonchev–Trinajstić information content (AvgIpc) is 2.44. The number of amides is 1. The lowest BCUT2D eigenvalue weighted by molar-refractivity contribution is -0.142. The van der Waals surface area contributed by atoms with E-state index in [0.29, 0.717) is 23.6 Å². The maximum absolute atomic E-state index is 11.9. The van der Waals surface area contributed by atoms with E-state index in [1.165, 1.54) is 7.11 Å². The Morgan fingerprint density at radius 3 is 2.55 bits per heavy atom. The molecule has 0 radical (unpaired) electrons. The summed E-state index contributed by atoms with van der Waals surface area (Å²) in [5.74, 6) is -0.505. The number of aliphatic carboxylic acids is 1. The van der Waals surface area contributed by atoms with Crippen LogP contribution in [0.5, 0.6) is 5.75 Å². The highest BCUT2D eigenvalue weighted by molar-refractivity contribution is 6.32. The van der Waals surface area contributed by atoms with Crippen molar-refractivity contribution in [2.45, 2.75) is 39.2 Å². The van der Waals surface area contributed by atoms with Crippen molar-refractivity contribution in [3.8, 4) is 5.75 Å². The van der Waals surface area contributed by atoms with Crippen LogP contribution in [-0.4, -0.2) is 30.1 Å². The molecule has 0 aliphatic rings. The van der Waals surface area contributed by atoms with Crippen molar-refractivity contribution in [3.05, 3.63) is 28.8 Å². The van der Waals surface area contributed by atoms with Crippen molar-refractivity contribution >= 4 is 23.5 Å². The van der Waals surface area contributed by atoms with Crippen LogP contribution in [-0.2, 0) is 16.0 Å². The van der Waals surface area contributed by atoms with Gasteiger partial charge in [0.2, 0.25) is 5.91 Å². The number of carboxylic acids is 1. The lowest BCUT2D eigenvalue weighted by Crippen LogP contribution is -2.41. The number of benzene rings is 1. The van der Waals surface area contributed by atoms with Crippen LogP contribution in [0.3, 0.4) is 0 Å². The van der Waals surface area contributed by atoms with Crippen molar-refractivity contribution in [3.63, 3.8) is 0 Å². The van der Waals surface area contributed by atoms with Crippen LogP contribution in [0.1, 0.15) is 32.3 Å². The van der Waals surface area contributed by atoms with Gasteiger partial charge >= 0.3 is 5.97 Å². The van der Waals surface area contributed by atoms with Crippen LogP contribution >= 0.6 is 11.6 Å². The molecular weight excluding hydrogens is 306 g/mol. The summed E-state index contributed by atoms with van der Waals surface area (Å²) < 4.78 is 5.06. The number of nitrogens with one attached hydrogen (secondary N) is 1. The Balaban J connectivity index is 2.54. The molecule has 0 aromatic heterocycles. The van der Waals surface area contributed by atoms with Crippen molar-refractivity contribution in [1.29, 1.82) is 0 Å². The van der Waals surface area contributed by atoms with E-state index in [1.54, 1.807) is 12.1 Å². The van der Waals surface area contributed by atoms with Gasteiger partial charge in [0.15, 0.2) is 0 Å². The smallest absolute Gasteiger partial charge is 0.326 e. The van der Waals surface area contributed by atoms with E-state index in [9.17, 15) is 9.59 Å². The quantitative estimate of drug-likeness (QED) is 0.769. The van der Waals surface area contributed by atoms with Crippen LogP contribution in [0.4, 0.5) is 0 Å². The topological polar surface area (TPSA) is 75.6 Å². The summed E-state index contributed by atoms with van der Waals surface area (Å²) >= 11 is 6.02. The molecular formula is C16H22ClNO4. The van der Waals surface area contributed by atoms with Crippen molar-refractivity contribution in [2.24, 2.45) is 5.92 Å². The molecule has 1 aromatic carbocycles. The van der Waals surface area contributed by atoms with Crippen LogP contribution in [0.15, 0.2) is 18.2 Å². The van der Waals surface area contributed by atoms with E-state index in [2.05, 4.69) is 5.32 Å². The van der Waals surface area contributed by atoms with Gasteiger partial charge in [-0.3, -0.25) is 4.79 Å². The highest BCUT2D eigenvalue weighted by Crippen LogP contribution is 2.25. The second-order valence-corrected chi connectivity index (χ2v) is 5.96. The maximum atomic E-state index is 11.9. The first-order chi connectivity index (χ1) is 10.3. The number of methoxy groups -OCH3 is 1. The van der Waals surface area contributed by atoms with Crippen molar-refractivity contribution in [1.82, 2.24) is 5.32 Å². The van der Waals surface area contributed by atoms with Crippen LogP contribution in [0.25, 0.3) is 0 Å². The Morgan fingerprint density at radius 1 is 1.36 bits per heavy atom. The van der Waals surface area contributed by atoms with E-state index >= 15 is 0 Å². The predicted molar refractivity (Wildman–Crippen MR) is 85.3 cm³/mol. The molecule has 0 heterocycles. The van der Waals surface area contributed by atoms with E-state index in [1.807, 2.05) is 19.9 Å². The zero-order valence-corrected chi connectivity index (χ0v) is 13.8. The molecule has 122 valence electrons. The van der Waals surface area contributed by atoms with E-state index in [4.69, 9.17) is 21.4 Å². The summed E-state index contributed by atoms with van der Waals surface area (Å²) in [5.41, 5.74) is 0.900. The largest absolute Gasteiger partial charge is 0.495 e. The van der Waals surface area contributed by atoms with Crippen molar-refractivity contribution in [2.75, 3.05) is 7.11 Å². The molecule has 2 N–H and O–H groups in total. The first-order valence-corrected chi connectivity index (χ1v) is 7.55. The first-order valence-electron chi connectivity index (χ1n) is 7.18. The molecule has 5 nitrogen and oxygen atoms in total. The molecule has 1 unspecified atom stereocenters. The van der Waals surface area contributed by atoms with Crippen LogP contribution < -0.4 is 10.1 Å². The molecule has 0 aliphatic heterocycles. The number of carbonyl (C=O) groups is 2. The molecule has 0 saturated heterocycles. The lowest BCUT2D eigenvalue weighted by Gasteiger charge is -2.16. The normalized spacial score (nSPS) is 12.0. The number of carbonyl (C=O) groups excluding carboxylic acids is 1. The third kappa shape index (κ3) is 5.93. The summed E-state index contributed by atoms with van der Waals surface area (Å²) in [6.07, 6.45) is 1.11. The third-order valence-corrected chi connectivity index (χ3v) is 3.49. The Kier molecular flexibility index (Phi) is 7.18. The fourth-order valence-electron chi connectivity index (χ4n) is 2.08. The number of ether oxygens (including phenoxy) is 1. The number of rotatable bonds is 8.